The number of pyridine rings is 1. The van der Waals surface area contributed by atoms with E-state index in [2.05, 4.69) is 27.5 Å². The van der Waals surface area contributed by atoms with Crippen LogP contribution in [0.25, 0.3) is 0 Å². The molecule has 0 bridgehead atoms. The monoisotopic (exact) mass is 460 g/mol. The van der Waals surface area contributed by atoms with Gasteiger partial charge in [-0.2, -0.15) is 0 Å². The molecule has 1 aromatic rings. The highest BCUT2D eigenvalue weighted by molar-refractivity contribution is 14.0. The molecule has 0 amide bonds. The fourth-order valence-corrected chi connectivity index (χ4v) is 3.44. The van der Waals surface area contributed by atoms with Crippen molar-refractivity contribution < 1.29 is 4.74 Å². The van der Waals surface area contributed by atoms with Gasteiger partial charge >= 0.3 is 0 Å². The van der Waals surface area contributed by atoms with Crippen LogP contribution in [0.1, 0.15) is 50.4 Å². The van der Waals surface area contributed by atoms with E-state index in [-0.39, 0.29) is 24.0 Å². The lowest BCUT2D eigenvalue weighted by molar-refractivity contribution is 0.105. The Hall–Kier alpha value is -0.890. The van der Waals surface area contributed by atoms with E-state index in [1.807, 2.05) is 32.2 Å². The minimum absolute atomic E-state index is 0. The van der Waals surface area contributed by atoms with Crippen LogP contribution < -0.4 is 10.6 Å². The summed E-state index contributed by atoms with van der Waals surface area (Å²) in [4.78, 5) is 8.87. The average Bonchev–Trinajstić information content (AvgIpc) is 3.04. The highest BCUT2D eigenvalue weighted by Crippen LogP contribution is 2.40. The summed E-state index contributed by atoms with van der Waals surface area (Å²) in [7, 11) is 1.82. The number of aromatic nitrogens is 1. The normalized spacial score (nSPS) is 16.4. The van der Waals surface area contributed by atoms with E-state index in [0.717, 1.165) is 43.5 Å². The number of nitrogens with one attached hydrogen (secondary N) is 2. The average molecular weight is 460 g/mol. The Balaban J connectivity index is 0.00000312. The molecule has 0 unspecified atom stereocenters. The number of nitrogens with zero attached hydrogens (tertiary/aromatic N) is 2. The molecular formula is C19H33IN4O. The van der Waals surface area contributed by atoms with Gasteiger partial charge in [-0.15, -0.1) is 24.0 Å². The number of ether oxygens (including phenoxy) is 1. The SMILES string of the molecule is CCOCCC1(CNC(=NC)NCc2cccc(C)n2)CCCC1.I. The molecule has 0 aromatic carbocycles. The van der Waals surface area contributed by atoms with Crippen molar-refractivity contribution in [3.8, 4) is 0 Å². The standard InChI is InChI=1S/C19H32N4O.HI/c1-4-24-13-12-19(10-5-6-11-19)15-22-18(20-3)21-14-17-9-7-8-16(2)23-17;/h7-9H,4-6,10-15H2,1-3H3,(H2,20,21,22);1H. The van der Waals surface area contributed by atoms with Gasteiger partial charge in [0.15, 0.2) is 5.96 Å². The Kier molecular flexibility index (Phi) is 10.3. The molecule has 6 heteroatoms. The highest BCUT2D eigenvalue weighted by atomic mass is 127. The van der Waals surface area contributed by atoms with Crippen LogP contribution >= 0.6 is 24.0 Å². The second kappa shape index (κ2) is 11.7. The molecule has 2 N–H and O–H groups in total. The maximum absolute atomic E-state index is 5.59. The van der Waals surface area contributed by atoms with Crippen LogP contribution in [0.15, 0.2) is 23.2 Å². The summed E-state index contributed by atoms with van der Waals surface area (Å²) in [5.74, 6) is 0.848. The van der Waals surface area contributed by atoms with Crippen molar-refractivity contribution in [2.75, 3.05) is 26.8 Å². The second-order valence-corrected chi connectivity index (χ2v) is 6.70. The van der Waals surface area contributed by atoms with Gasteiger partial charge in [0.2, 0.25) is 0 Å². The van der Waals surface area contributed by atoms with Crippen molar-refractivity contribution >= 4 is 29.9 Å². The van der Waals surface area contributed by atoms with E-state index < -0.39 is 0 Å². The van der Waals surface area contributed by atoms with E-state index >= 15 is 0 Å². The van der Waals surface area contributed by atoms with Gasteiger partial charge in [-0.3, -0.25) is 9.98 Å². The molecule has 0 saturated heterocycles. The Morgan fingerprint density at radius 1 is 1.28 bits per heavy atom. The fourth-order valence-electron chi connectivity index (χ4n) is 3.44. The van der Waals surface area contributed by atoms with E-state index in [9.17, 15) is 0 Å². The Labute approximate surface area is 169 Å². The van der Waals surface area contributed by atoms with Gasteiger partial charge < -0.3 is 15.4 Å². The van der Waals surface area contributed by atoms with Crippen molar-refractivity contribution in [3.63, 3.8) is 0 Å². The quantitative estimate of drug-likeness (QED) is 0.269. The predicted molar refractivity (Wildman–Crippen MR) is 115 cm³/mol. The van der Waals surface area contributed by atoms with Crippen molar-refractivity contribution in [2.24, 2.45) is 10.4 Å². The van der Waals surface area contributed by atoms with Crippen LogP contribution in [0.5, 0.6) is 0 Å². The second-order valence-electron chi connectivity index (χ2n) is 6.70. The number of rotatable bonds is 8. The molecule has 0 radical (unpaired) electrons. The largest absolute Gasteiger partial charge is 0.382 e. The molecule has 1 aliphatic carbocycles. The minimum atomic E-state index is 0. The zero-order chi connectivity index (χ0) is 17.3. The molecule has 142 valence electrons. The third-order valence-corrected chi connectivity index (χ3v) is 4.88. The van der Waals surface area contributed by atoms with Gasteiger partial charge in [0, 0.05) is 32.5 Å². The zero-order valence-electron chi connectivity index (χ0n) is 15.8. The van der Waals surface area contributed by atoms with E-state index in [0.29, 0.717) is 12.0 Å². The third kappa shape index (κ3) is 7.48. The summed E-state index contributed by atoms with van der Waals surface area (Å²) in [5, 5.41) is 6.89. The number of guanidine groups is 1. The summed E-state index contributed by atoms with van der Waals surface area (Å²) in [6, 6.07) is 6.09. The first-order valence-corrected chi connectivity index (χ1v) is 9.12. The molecule has 1 aliphatic rings. The third-order valence-electron chi connectivity index (χ3n) is 4.88. The lowest BCUT2D eigenvalue weighted by atomic mass is 9.83. The van der Waals surface area contributed by atoms with Crippen molar-refractivity contribution in [1.82, 2.24) is 15.6 Å². The molecule has 1 fully saturated rings. The summed E-state index contributed by atoms with van der Waals surface area (Å²) >= 11 is 0. The van der Waals surface area contributed by atoms with Crippen LogP contribution in [0, 0.1) is 12.3 Å². The lowest BCUT2D eigenvalue weighted by Gasteiger charge is -2.30. The molecule has 0 aliphatic heterocycles. The molecule has 0 atom stereocenters. The summed E-state index contributed by atoms with van der Waals surface area (Å²) in [6.45, 7) is 7.38. The molecule has 25 heavy (non-hydrogen) atoms. The minimum Gasteiger partial charge on any atom is -0.382 e. The Morgan fingerprint density at radius 3 is 2.68 bits per heavy atom. The van der Waals surface area contributed by atoms with Gasteiger partial charge in [-0.25, -0.2) is 0 Å². The van der Waals surface area contributed by atoms with Crippen molar-refractivity contribution in [2.45, 2.75) is 52.5 Å². The van der Waals surface area contributed by atoms with Crippen LogP contribution in [0.2, 0.25) is 0 Å². The summed E-state index contributed by atoms with van der Waals surface area (Å²) in [5.41, 5.74) is 2.43. The lowest BCUT2D eigenvalue weighted by Crippen LogP contribution is -2.43. The highest BCUT2D eigenvalue weighted by Gasteiger charge is 2.33. The Morgan fingerprint density at radius 2 is 2.04 bits per heavy atom. The summed E-state index contributed by atoms with van der Waals surface area (Å²) < 4.78 is 5.59. The first-order valence-electron chi connectivity index (χ1n) is 9.12. The van der Waals surface area contributed by atoms with E-state index in [4.69, 9.17) is 4.74 Å². The fraction of sp³-hybridized carbons (Fsp3) is 0.684. The van der Waals surface area contributed by atoms with Crippen molar-refractivity contribution in [1.29, 1.82) is 0 Å². The first kappa shape index (κ1) is 22.2. The van der Waals surface area contributed by atoms with Gasteiger partial charge in [0.25, 0.3) is 0 Å². The number of hydrogen-bond donors (Lipinski definition) is 2. The molecule has 2 rings (SSSR count). The molecule has 0 spiro atoms. The molecule has 1 heterocycles. The Bertz CT molecular complexity index is 530. The number of hydrogen-bond acceptors (Lipinski definition) is 3. The maximum atomic E-state index is 5.59. The van der Waals surface area contributed by atoms with Gasteiger partial charge in [0.1, 0.15) is 0 Å². The zero-order valence-corrected chi connectivity index (χ0v) is 18.1. The predicted octanol–water partition coefficient (Wildman–Crippen LogP) is 3.66. The van der Waals surface area contributed by atoms with E-state index in [1.54, 1.807) is 0 Å². The number of aliphatic imine (C=N–C) groups is 1. The van der Waals surface area contributed by atoms with Gasteiger partial charge in [0.05, 0.1) is 12.2 Å². The first-order chi connectivity index (χ1) is 11.7. The topological polar surface area (TPSA) is 58.5 Å². The van der Waals surface area contributed by atoms with Gasteiger partial charge in [-0.1, -0.05) is 18.9 Å². The van der Waals surface area contributed by atoms with Crippen molar-refractivity contribution in [3.05, 3.63) is 29.6 Å². The van der Waals surface area contributed by atoms with Crippen LogP contribution in [0.4, 0.5) is 0 Å². The number of aryl methyl sites for hydroxylation is 1. The smallest absolute Gasteiger partial charge is 0.191 e. The van der Waals surface area contributed by atoms with E-state index in [1.165, 1.54) is 25.7 Å². The molecule has 1 saturated carbocycles. The number of halogens is 1. The molecule has 5 nitrogen and oxygen atoms in total. The van der Waals surface area contributed by atoms with Gasteiger partial charge in [-0.05, 0) is 50.7 Å². The molecular weight excluding hydrogens is 427 g/mol. The summed E-state index contributed by atoms with van der Waals surface area (Å²) in [6.07, 6.45) is 6.34. The van der Waals surface area contributed by atoms with Crippen LogP contribution in [0.3, 0.4) is 0 Å². The van der Waals surface area contributed by atoms with Crippen LogP contribution in [-0.2, 0) is 11.3 Å². The molecule has 1 aromatic heterocycles. The van der Waals surface area contributed by atoms with Crippen LogP contribution in [-0.4, -0.2) is 37.7 Å². The maximum Gasteiger partial charge on any atom is 0.191 e.